The third-order valence-corrected chi connectivity index (χ3v) is 3.71. The fourth-order valence-electron chi connectivity index (χ4n) is 1.54. The zero-order valence-corrected chi connectivity index (χ0v) is 11.0. The van der Waals surface area contributed by atoms with Gasteiger partial charge >= 0.3 is 5.97 Å². The molecule has 2 aromatic rings. The molecule has 0 aliphatic carbocycles. The molecule has 0 amide bonds. The van der Waals surface area contributed by atoms with Crippen LogP contribution in [-0.2, 0) is 16.6 Å². The minimum atomic E-state index is -1.43. The van der Waals surface area contributed by atoms with Crippen LogP contribution in [0.15, 0.2) is 45.9 Å². The molecule has 100 valence electrons. The Morgan fingerprint density at radius 2 is 2.16 bits per heavy atom. The number of rotatable bonds is 5. The molecule has 0 radical (unpaired) electrons. The molecule has 1 atom stereocenters. The highest BCUT2D eigenvalue weighted by Crippen LogP contribution is 2.18. The molecule has 1 heterocycles. The average molecular weight is 280 g/mol. The molecule has 0 spiro atoms. The SMILES string of the molecule is COc1cccc(CS(=O)c2ccc(C(=O)O)o2)c1. The first-order valence-electron chi connectivity index (χ1n) is 5.44. The van der Waals surface area contributed by atoms with Gasteiger partial charge in [0.2, 0.25) is 5.76 Å². The number of carbonyl (C=O) groups is 1. The molecule has 0 bridgehead atoms. The van der Waals surface area contributed by atoms with Crippen LogP contribution in [0.25, 0.3) is 0 Å². The summed E-state index contributed by atoms with van der Waals surface area (Å²) in [5.41, 5.74) is 0.825. The van der Waals surface area contributed by atoms with Gasteiger partial charge in [0.05, 0.1) is 23.7 Å². The number of hydrogen-bond donors (Lipinski definition) is 1. The molecular formula is C13H12O5S. The Bertz CT molecular complexity index is 617. The molecule has 6 heteroatoms. The maximum absolute atomic E-state index is 12.0. The van der Waals surface area contributed by atoms with E-state index in [0.717, 1.165) is 5.56 Å². The number of carboxylic acids is 1. The number of hydrogen-bond acceptors (Lipinski definition) is 4. The van der Waals surface area contributed by atoms with Crippen LogP contribution in [0.3, 0.4) is 0 Å². The van der Waals surface area contributed by atoms with Gasteiger partial charge in [0.15, 0.2) is 5.09 Å². The van der Waals surface area contributed by atoms with Crippen molar-refractivity contribution in [2.75, 3.05) is 7.11 Å². The lowest BCUT2D eigenvalue weighted by Gasteiger charge is -2.03. The summed E-state index contributed by atoms with van der Waals surface area (Å²) in [6, 6.07) is 9.90. The Kier molecular flexibility index (Phi) is 4.01. The van der Waals surface area contributed by atoms with Crippen molar-refractivity contribution >= 4 is 16.8 Å². The molecule has 5 nitrogen and oxygen atoms in total. The Morgan fingerprint density at radius 1 is 1.37 bits per heavy atom. The molecule has 1 unspecified atom stereocenters. The zero-order valence-electron chi connectivity index (χ0n) is 10.2. The second-order valence-electron chi connectivity index (χ2n) is 3.77. The van der Waals surface area contributed by atoms with Crippen LogP contribution in [-0.4, -0.2) is 22.4 Å². The fourth-order valence-corrected chi connectivity index (χ4v) is 2.57. The third kappa shape index (κ3) is 3.23. The predicted molar refractivity (Wildman–Crippen MR) is 68.8 cm³/mol. The van der Waals surface area contributed by atoms with E-state index in [1.807, 2.05) is 6.07 Å². The lowest BCUT2D eigenvalue weighted by Crippen LogP contribution is -1.96. The van der Waals surface area contributed by atoms with Crippen LogP contribution in [0.2, 0.25) is 0 Å². The number of carboxylic acid groups (broad SMARTS) is 1. The molecule has 1 N–H and O–H groups in total. The van der Waals surface area contributed by atoms with E-state index >= 15 is 0 Å². The minimum Gasteiger partial charge on any atom is -0.497 e. The minimum absolute atomic E-state index is 0.153. The first kappa shape index (κ1) is 13.4. The molecule has 1 aromatic heterocycles. The molecule has 2 rings (SSSR count). The van der Waals surface area contributed by atoms with Gasteiger partial charge in [0, 0.05) is 0 Å². The zero-order chi connectivity index (χ0) is 13.8. The van der Waals surface area contributed by atoms with E-state index in [4.69, 9.17) is 14.3 Å². The first-order chi connectivity index (χ1) is 9.10. The second-order valence-corrected chi connectivity index (χ2v) is 5.15. The van der Waals surface area contributed by atoms with Crippen molar-refractivity contribution in [3.8, 4) is 5.75 Å². The van der Waals surface area contributed by atoms with Gasteiger partial charge in [-0.2, -0.15) is 0 Å². The van der Waals surface area contributed by atoms with Crippen molar-refractivity contribution < 1.29 is 23.3 Å². The van der Waals surface area contributed by atoms with Crippen LogP contribution in [0, 0.1) is 0 Å². The van der Waals surface area contributed by atoms with E-state index in [9.17, 15) is 9.00 Å². The van der Waals surface area contributed by atoms with Crippen molar-refractivity contribution in [2.45, 2.75) is 10.8 Å². The molecular weight excluding hydrogens is 268 g/mol. The van der Waals surface area contributed by atoms with Crippen molar-refractivity contribution in [3.63, 3.8) is 0 Å². The first-order valence-corrected chi connectivity index (χ1v) is 6.76. The van der Waals surface area contributed by atoms with E-state index in [-0.39, 0.29) is 16.6 Å². The topological polar surface area (TPSA) is 76.7 Å². The standard InChI is InChI=1S/C13H12O5S/c1-17-10-4-2-3-9(7-10)8-19(16)12-6-5-11(18-12)13(14)15/h2-7H,8H2,1H3,(H,14,15). The predicted octanol–water partition coefficient (Wildman–Crippen LogP) is 2.29. The van der Waals surface area contributed by atoms with Gasteiger partial charge in [-0.05, 0) is 29.8 Å². The van der Waals surface area contributed by atoms with Gasteiger partial charge in [-0.25, -0.2) is 4.79 Å². The van der Waals surface area contributed by atoms with Gasteiger partial charge in [-0.15, -0.1) is 0 Å². The maximum Gasteiger partial charge on any atom is 0.371 e. The van der Waals surface area contributed by atoms with Gasteiger partial charge in [-0.1, -0.05) is 12.1 Å². The summed E-state index contributed by atoms with van der Waals surface area (Å²) < 4.78 is 22.1. The summed E-state index contributed by atoms with van der Waals surface area (Å²) >= 11 is 0. The average Bonchev–Trinajstić information content (AvgIpc) is 2.89. The van der Waals surface area contributed by atoms with Crippen molar-refractivity contribution in [2.24, 2.45) is 0 Å². The number of ether oxygens (including phenoxy) is 1. The smallest absolute Gasteiger partial charge is 0.371 e. The summed E-state index contributed by atoms with van der Waals surface area (Å²) in [4.78, 5) is 10.7. The third-order valence-electron chi connectivity index (χ3n) is 2.45. The number of methoxy groups -OCH3 is 1. The van der Waals surface area contributed by atoms with Crippen LogP contribution < -0.4 is 4.74 Å². The largest absolute Gasteiger partial charge is 0.497 e. The van der Waals surface area contributed by atoms with Crippen molar-refractivity contribution in [1.29, 1.82) is 0 Å². The highest BCUT2D eigenvalue weighted by Gasteiger charge is 2.14. The lowest BCUT2D eigenvalue weighted by atomic mass is 10.2. The lowest BCUT2D eigenvalue weighted by molar-refractivity contribution is 0.0656. The molecule has 0 aliphatic heterocycles. The highest BCUT2D eigenvalue weighted by molar-refractivity contribution is 7.84. The van der Waals surface area contributed by atoms with E-state index < -0.39 is 16.8 Å². The molecule has 0 fully saturated rings. The number of benzene rings is 1. The summed E-state index contributed by atoms with van der Waals surface area (Å²) in [7, 11) is 0.131. The molecule has 0 saturated carbocycles. The van der Waals surface area contributed by atoms with E-state index in [2.05, 4.69) is 0 Å². The van der Waals surface area contributed by atoms with Gasteiger partial charge in [0.1, 0.15) is 5.75 Å². The van der Waals surface area contributed by atoms with E-state index in [0.29, 0.717) is 5.75 Å². The summed E-state index contributed by atoms with van der Waals surface area (Å²) in [5.74, 6) is -0.470. The van der Waals surface area contributed by atoms with Gasteiger partial charge in [-0.3, -0.25) is 4.21 Å². The number of aromatic carboxylic acids is 1. The summed E-state index contributed by atoms with van der Waals surface area (Å²) in [6.07, 6.45) is 0. The Morgan fingerprint density at radius 3 is 2.79 bits per heavy atom. The van der Waals surface area contributed by atoms with Crippen LogP contribution >= 0.6 is 0 Å². The van der Waals surface area contributed by atoms with Crippen LogP contribution in [0.1, 0.15) is 16.1 Å². The van der Waals surface area contributed by atoms with E-state index in [1.165, 1.54) is 12.1 Å². The van der Waals surface area contributed by atoms with Crippen LogP contribution in [0.5, 0.6) is 5.75 Å². The molecule has 0 saturated heterocycles. The summed E-state index contributed by atoms with van der Waals surface area (Å²) in [6.45, 7) is 0. The monoisotopic (exact) mass is 280 g/mol. The molecule has 19 heavy (non-hydrogen) atoms. The second kappa shape index (κ2) is 5.71. The Balaban J connectivity index is 2.13. The Labute approximate surface area is 112 Å². The van der Waals surface area contributed by atoms with Crippen LogP contribution in [0.4, 0.5) is 0 Å². The summed E-state index contributed by atoms with van der Waals surface area (Å²) in [5, 5.41) is 8.88. The van der Waals surface area contributed by atoms with Crippen molar-refractivity contribution in [3.05, 3.63) is 47.7 Å². The highest BCUT2D eigenvalue weighted by atomic mass is 32.2. The molecule has 0 aliphatic rings. The fraction of sp³-hybridized carbons (Fsp3) is 0.154. The number of furan rings is 1. The van der Waals surface area contributed by atoms with Gasteiger partial charge in [0.25, 0.3) is 0 Å². The van der Waals surface area contributed by atoms with E-state index in [1.54, 1.807) is 25.3 Å². The Hall–Kier alpha value is -2.08. The maximum atomic E-state index is 12.0. The molecule has 1 aromatic carbocycles. The van der Waals surface area contributed by atoms with Gasteiger partial charge < -0.3 is 14.3 Å². The van der Waals surface area contributed by atoms with Crippen molar-refractivity contribution in [1.82, 2.24) is 0 Å². The normalized spacial score (nSPS) is 12.1. The quantitative estimate of drug-likeness (QED) is 0.909.